The molecule has 0 bridgehead atoms. The number of rotatable bonds is 2. The highest BCUT2D eigenvalue weighted by Gasteiger charge is 2.34. The van der Waals surface area contributed by atoms with E-state index in [0.717, 1.165) is 0 Å². The van der Waals surface area contributed by atoms with Crippen molar-refractivity contribution in [2.75, 3.05) is 18.5 Å². The van der Waals surface area contributed by atoms with Gasteiger partial charge in [-0.2, -0.15) is 0 Å². The summed E-state index contributed by atoms with van der Waals surface area (Å²) in [4.78, 5) is 11.7. The number of hydrogen-bond acceptors (Lipinski definition) is 3. The number of benzene rings is 1. The fraction of sp³-hybridized carbons (Fsp3) is 0.562. The van der Waals surface area contributed by atoms with E-state index in [9.17, 15) is 9.18 Å². The molecule has 2 rings (SSSR count). The van der Waals surface area contributed by atoms with Crippen LogP contribution in [-0.4, -0.2) is 24.9 Å². The Kier molecular flexibility index (Phi) is 4.52. The Morgan fingerprint density at radius 3 is 2.62 bits per heavy atom. The first-order chi connectivity index (χ1) is 9.78. The quantitative estimate of drug-likeness (QED) is 0.896. The molecule has 4 nitrogen and oxygen atoms in total. The van der Waals surface area contributed by atoms with Crippen molar-refractivity contribution in [2.24, 2.45) is 0 Å². The number of hydrogen-bond donors (Lipinski definition) is 1. The van der Waals surface area contributed by atoms with E-state index in [2.05, 4.69) is 5.32 Å². The minimum absolute atomic E-state index is 0.336. The molecule has 1 aliphatic rings. The van der Waals surface area contributed by atoms with Crippen LogP contribution in [0.25, 0.3) is 0 Å². The fourth-order valence-corrected chi connectivity index (χ4v) is 2.28. The Balaban J connectivity index is 2.09. The van der Waals surface area contributed by atoms with Gasteiger partial charge in [-0.15, -0.1) is 0 Å². The molecule has 5 heteroatoms. The second kappa shape index (κ2) is 6.02. The number of carbonyl (C=O) groups excluding carboxylic acids is 1. The summed E-state index contributed by atoms with van der Waals surface area (Å²) in [7, 11) is 0. The average Bonchev–Trinajstić information content (AvgIpc) is 2.37. The molecule has 0 saturated carbocycles. The Hall–Kier alpha value is -1.62. The molecule has 21 heavy (non-hydrogen) atoms. The molecule has 0 unspecified atom stereocenters. The molecule has 1 saturated heterocycles. The van der Waals surface area contributed by atoms with Gasteiger partial charge in [-0.1, -0.05) is 12.1 Å². The van der Waals surface area contributed by atoms with E-state index in [1.807, 2.05) is 0 Å². The van der Waals surface area contributed by atoms with Crippen LogP contribution in [0.4, 0.5) is 14.9 Å². The van der Waals surface area contributed by atoms with E-state index >= 15 is 0 Å². The van der Waals surface area contributed by atoms with Gasteiger partial charge in [0.1, 0.15) is 11.3 Å². The van der Waals surface area contributed by atoms with Crippen molar-refractivity contribution < 1.29 is 18.7 Å². The highest BCUT2D eigenvalue weighted by atomic mass is 19.1. The van der Waals surface area contributed by atoms with E-state index in [1.54, 1.807) is 45.0 Å². The molecular formula is C16H22FNO3. The van der Waals surface area contributed by atoms with Crippen LogP contribution in [0, 0.1) is 0 Å². The molecule has 1 fully saturated rings. The van der Waals surface area contributed by atoms with E-state index in [-0.39, 0.29) is 0 Å². The minimum Gasteiger partial charge on any atom is -0.444 e. The predicted molar refractivity (Wildman–Crippen MR) is 79.1 cm³/mol. The molecule has 0 atom stereocenters. The summed E-state index contributed by atoms with van der Waals surface area (Å²) < 4.78 is 25.3. The molecule has 1 amide bonds. The minimum atomic E-state index is -1.39. The molecule has 0 aromatic heterocycles. The number of nitrogens with one attached hydrogen (secondary N) is 1. The van der Waals surface area contributed by atoms with Crippen LogP contribution >= 0.6 is 0 Å². The topological polar surface area (TPSA) is 47.6 Å². The molecule has 1 aliphatic heterocycles. The zero-order valence-electron chi connectivity index (χ0n) is 12.7. The number of ether oxygens (including phenoxy) is 2. The molecule has 1 N–H and O–H groups in total. The predicted octanol–water partition coefficient (Wildman–Crippen LogP) is 4.01. The van der Waals surface area contributed by atoms with Crippen molar-refractivity contribution in [1.82, 2.24) is 0 Å². The standard InChI is InChI=1S/C16H22FNO3/c1-15(2,3)21-14(19)18-13-6-4-5-12(11-13)16(17)7-9-20-10-8-16/h4-6,11H,7-10H2,1-3H3,(H,18,19). The number of amides is 1. The maximum absolute atomic E-state index is 14.9. The van der Waals surface area contributed by atoms with Gasteiger partial charge in [-0.3, -0.25) is 5.32 Å². The Bertz CT molecular complexity index is 504. The second-order valence-electron chi connectivity index (χ2n) is 6.29. The number of carbonyl (C=O) groups is 1. The molecule has 0 radical (unpaired) electrons. The highest BCUT2D eigenvalue weighted by Crippen LogP contribution is 2.37. The lowest BCUT2D eigenvalue weighted by Crippen LogP contribution is -2.30. The first-order valence-corrected chi connectivity index (χ1v) is 7.16. The zero-order valence-corrected chi connectivity index (χ0v) is 12.7. The molecule has 1 heterocycles. The summed E-state index contributed by atoms with van der Waals surface area (Å²) in [5.74, 6) is 0. The molecular weight excluding hydrogens is 273 g/mol. The summed E-state index contributed by atoms with van der Waals surface area (Å²) in [5.41, 5.74) is -0.849. The third-order valence-corrected chi connectivity index (χ3v) is 3.31. The summed E-state index contributed by atoms with van der Waals surface area (Å²) in [6.07, 6.45) is 0.130. The number of anilines is 1. The monoisotopic (exact) mass is 295 g/mol. The van der Waals surface area contributed by atoms with Gasteiger partial charge in [-0.05, 0) is 38.5 Å². The normalized spacial score (nSPS) is 18.1. The van der Waals surface area contributed by atoms with Crippen molar-refractivity contribution in [3.8, 4) is 0 Å². The first-order valence-electron chi connectivity index (χ1n) is 7.16. The zero-order chi connectivity index (χ0) is 15.5. The van der Waals surface area contributed by atoms with Gasteiger partial charge in [0, 0.05) is 31.7 Å². The maximum atomic E-state index is 14.9. The van der Waals surface area contributed by atoms with Gasteiger partial charge >= 0.3 is 6.09 Å². The molecule has 1 aromatic carbocycles. The smallest absolute Gasteiger partial charge is 0.412 e. The van der Waals surface area contributed by atoms with Crippen LogP contribution in [0.1, 0.15) is 39.2 Å². The van der Waals surface area contributed by atoms with Gasteiger partial charge < -0.3 is 9.47 Å². The Morgan fingerprint density at radius 2 is 2.00 bits per heavy atom. The van der Waals surface area contributed by atoms with Crippen molar-refractivity contribution in [1.29, 1.82) is 0 Å². The van der Waals surface area contributed by atoms with Crippen molar-refractivity contribution >= 4 is 11.8 Å². The van der Waals surface area contributed by atoms with Gasteiger partial charge in [0.25, 0.3) is 0 Å². The summed E-state index contributed by atoms with van der Waals surface area (Å²) in [5, 5.41) is 2.64. The van der Waals surface area contributed by atoms with E-state index in [1.165, 1.54) is 0 Å². The van der Waals surface area contributed by atoms with Crippen molar-refractivity contribution in [2.45, 2.75) is 44.9 Å². The maximum Gasteiger partial charge on any atom is 0.412 e. The molecule has 1 aromatic rings. The lowest BCUT2D eigenvalue weighted by atomic mass is 9.88. The summed E-state index contributed by atoms with van der Waals surface area (Å²) in [6, 6.07) is 6.86. The Labute approximate surface area is 124 Å². The third-order valence-electron chi connectivity index (χ3n) is 3.31. The third kappa shape index (κ3) is 4.43. The second-order valence-corrected chi connectivity index (χ2v) is 6.29. The Morgan fingerprint density at radius 1 is 1.33 bits per heavy atom. The lowest BCUT2D eigenvalue weighted by Gasteiger charge is -2.30. The van der Waals surface area contributed by atoms with Crippen LogP contribution in [0.15, 0.2) is 24.3 Å². The van der Waals surface area contributed by atoms with Crippen LogP contribution < -0.4 is 5.32 Å². The largest absolute Gasteiger partial charge is 0.444 e. The van der Waals surface area contributed by atoms with E-state index in [4.69, 9.17) is 9.47 Å². The molecule has 0 spiro atoms. The molecule has 0 aliphatic carbocycles. The fourth-order valence-electron chi connectivity index (χ4n) is 2.28. The van der Waals surface area contributed by atoms with Gasteiger partial charge in [-0.25, -0.2) is 9.18 Å². The van der Waals surface area contributed by atoms with E-state index in [0.29, 0.717) is 37.3 Å². The number of halogens is 1. The lowest BCUT2D eigenvalue weighted by molar-refractivity contribution is -0.0114. The van der Waals surface area contributed by atoms with Crippen LogP contribution in [0.2, 0.25) is 0 Å². The van der Waals surface area contributed by atoms with Gasteiger partial charge in [0.05, 0.1) is 0 Å². The number of alkyl halides is 1. The summed E-state index contributed by atoms with van der Waals surface area (Å²) >= 11 is 0. The SMILES string of the molecule is CC(C)(C)OC(=O)Nc1cccc(C2(F)CCOCC2)c1. The van der Waals surface area contributed by atoms with Crippen molar-refractivity contribution in [3.05, 3.63) is 29.8 Å². The summed E-state index contributed by atoms with van der Waals surface area (Å²) in [6.45, 7) is 6.21. The molecule has 116 valence electrons. The van der Waals surface area contributed by atoms with Crippen LogP contribution in [0.3, 0.4) is 0 Å². The van der Waals surface area contributed by atoms with Gasteiger partial charge in [0.2, 0.25) is 0 Å². The first kappa shape index (κ1) is 15.8. The van der Waals surface area contributed by atoms with E-state index < -0.39 is 17.4 Å². The van der Waals surface area contributed by atoms with Crippen LogP contribution in [0.5, 0.6) is 0 Å². The van der Waals surface area contributed by atoms with Crippen LogP contribution in [-0.2, 0) is 15.1 Å². The van der Waals surface area contributed by atoms with Crippen molar-refractivity contribution in [3.63, 3.8) is 0 Å². The average molecular weight is 295 g/mol. The highest BCUT2D eigenvalue weighted by molar-refractivity contribution is 5.85. The van der Waals surface area contributed by atoms with Gasteiger partial charge in [0.15, 0.2) is 0 Å².